The third-order valence-corrected chi connectivity index (χ3v) is 2.47. The minimum absolute atomic E-state index is 0.365. The Morgan fingerprint density at radius 3 is 2.50 bits per heavy atom. The molecule has 0 bridgehead atoms. The normalized spacial score (nSPS) is 14.2. The van der Waals surface area contributed by atoms with Crippen molar-refractivity contribution < 1.29 is 5.11 Å². The molecule has 1 atom stereocenters. The Balaban J connectivity index is 3.03. The summed E-state index contributed by atoms with van der Waals surface area (Å²) in [4.78, 5) is 0. The monoisotopic (exact) mass is 190 g/mol. The first-order valence-corrected chi connectivity index (χ1v) is 4.94. The Kier molecular flexibility index (Phi) is 3.48. The van der Waals surface area contributed by atoms with Crippen LogP contribution in [-0.4, -0.2) is 11.2 Å². The molecule has 1 rings (SSSR count). The summed E-state index contributed by atoms with van der Waals surface area (Å²) >= 11 is 0. The minimum atomic E-state index is -0.365. The number of hydrogen-bond acceptors (Lipinski definition) is 1. The summed E-state index contributed by atoms with van der Waals surface area (Å²) in [5.74, 6) is 0. The quantitative estimate of drug-likeness (QED) is 0.759. The first kappa shape index (κ1) is 11.0. The Morgan fingerprint density at radius 2 is 2.00 bits per heavy atom. The Hall–Kier alpha value is -1.08. The van der Waals surface area contributed by atoms with Gasteiger partial charge >= 0.3 is 0 Å². The molecule has 0 saturated carbocycles. The highest BCUT2D eigenvalue weighted by atomic mass is 16.3. The highest BCUT2D eigenvalue weighted by Crippen LogP contribution is 2.15. The van der Waals surface area contributed by atoms with Gasteiger partial charge in [-0.2, -0.15) is 0 Å². The summed E-state index contributed by atoms with van der Waals surface area (Å²) < 4.78 is 0. The van der Waals surface area contributed by atoms with Crippen LogP contribution in [-0.2, 0) is 0 Å². The van der Waals surface area contributed by atoms with Crippen LogP contribution in [0.25, 0.3) is 6.08 Å². The summed E-state index contributed by atoms with van der Waals surface area (Å²) in [6, 6.07) is 6.34. The fraction of sp³-hybridized carbons (Fsp3) is 0.385. The van der Waals surface area contributed by atoms with Gasteiger partial charge in [-0.25, -0.2) is 0 Å². The van der Waals surface area contributed by atoms with E-state index in [1.165, 1.54) is 16.7 Å². The Labute approximate surface area is 86.1 Å². The molecule has 1 nitrogen and oxygen atoms in total. The van der Waals surface area contributed by atoms with Crippen molar-refractivity contribution in [2.75, 3.05) is 0 Å². The van der Waals surface area contributed by atoms with Gasteiger partial charge in [0.05, 0.1) is 6.10 Å². The molecule has 1 unspecified atom stereocenters. The number of benzene rings is 1. The van der Waals surface area contributed by atoms with Crippen molar-refractivity contribution in [1.82, 2.24) is 0 Å². The molecule has 1 heteroatoms. The molecule has 1 aromatic carbocycles. The van der Waals surface area contributed by atoms with E-state index in [9.17, 15) is 5.11 Å². The van der Waals surface area contributed by atoms with Crippen LogP contribution in [0, 0.1) is 13.8 Å². The number of rotatable bonds is 2. The molecular weight excluding hydrogens is 172 g/mol. The van der Waals surface area contributed by atoms with Crippen LogP contribution in [0.15, 0.2) is 23.8 Å². The summed E-state index contributed by atoms with van der Waals surface area (Å²) in [6.45, 7) is 7.91. The molecule has 0 aliphatic rings. The first-order valence-electron chi connectivity index (χ1n) is 4.94. The van der Waals surface area contributed by atoms with Crippen molar-refractivity contribution in [2.45, 2.75) is 33.8 Å². The highest BCUT2D eigenvalue weighted by Gasteiger charge is 2.00. The molecule has 0 saturated heterocycles. The zero-order chi connectivity index (χ0) is 10.7. The molecule has 76 valence electrons. The molecule has 0 spiro atoms. The van der Waals surface area contributed by atoms with E-state index in [0.29, 0.717) is 0 Å². The van der Waals surface area contributed by atoms with Crippen molar-refractivity contribution in [2.24, 2.45) is 0 Å². The number of aliphatic hydroxyl groups excluding tert-OH is 1. The van der Waals surface area contributed by atoms with Crippen LogP contribution in [0.1, 0.15) is 30.5 Å². The van der Waals surface area contributed by atoms with Gasteiger partial charge in [0.15, 0.2) is 0 Å². The van der Waals surface area contributed by atoms with E-state index in [-0.39, 0.29) is 6.10 Å². The van der Waals surface area contributed by atoms with E-state index in [1.807, 2.05) is 13.0 Å². The molecule has 0 fully saturated rings. The number of aryl methyl sites for hydroxylation is 2. The summed E-state index contributed by atoms with van der Waals surface area (Å²) in [7, 11) is 0. The van der Waals surface area contributed by atoms with Crippen LogP contribution in [0.2, 0.25) is 0 Å². The second-order valence-corrected chi connectivity index (χ2v) is 3.92. The molecule has 14 heavy (non-hydrogen) atoms. The van der Waals surface area contributed by atoms with Gasteiger partial charge in [0, 0.05) is 0 Å². The van der Waals surface area contributed by atoms with Crippen LogP contribution < -0.4 is 0 Å². The summed E-state index contributed by atoms with van der Waals surface area (Å²) in [6.07, 6.45) is 1.68. The Bertz CT molecular complexity index is 348. The molecule has 0 heterocycles. The van der Waals surface area contributed by atoms with E-state index in [2.05, 4.69) is 32.0 Å². The average molecular weight is 190 g/mol. The standard InChI is InChI=1S/C13H18O/c1-9-5-6-13(11(3)7-9)8-10(2)12(4)14/h5-8,12,14H,1-4H3/b10-8+. The average Bonchev–Trinajstić information content (AvgIpc) is 2.09. The van der Waals surface area contributed by atoms with Crippen molar-refractivity contribution in [3.05, 3.63) is 40.5 Å². The molecule has 0 aliphatic carbocycles. The van der Waals surface area contributed by atoms with Gasteiger partial charge in [0.25, 0.3) is 0 Å². The van der Waals surface area contributed by atoms with Crippen LogP contribution in [0.5, 0.6) is 0 Å². The van der Waals surface area contributed by atoms with Crippen molar-refractivity contribution >= 4 is 6.08 Å². The topological polar surface area (TPSA) is 20.2 Å². The van der Waals surface area contributed by atoms with E-state index in [1.54, 1.807) is 6.92 Å². The first-order chi connectivity index (χ1) is 6.50. The van der Waals surface area contributed by atoms with Crippen molar-refractivity contribution in [3.63, 3.8) is 0 Å². The van der Waals surface area contributed by atoms with Crippen molar-refractivity contribution in [3.8, 4) is 0 Å². The molecule has 0 aromatic heterocycles. The molecule has 0 aliphatic heterocycles. The zero-order valence-corrected chi connectivity index (χ0v) is 9.33. The largest absolute Gasteiger partial charge is 0.389 e. The van der Waals surface area contributed by atoms with E-state index in [4.69, 9.17) is 0 Å². The second kappa shape index (κ2) is 4.43. The number of aliphatic hydroxyl groups is 1. The lowest BCUT2D eigenvalue weighted by Crippen LogP contribution is -2.00. The summed E-state index contributed by atoms with van der Waals surface area (Å²) in [5.41, 5.74) is 4.71. The zero-order valence-electron chi connectivity index (χ0n) is 9.33. The Morgan fingerprint density at radius 1 is 1.36 bits per heavy atom. The summed E-state index contributed by atoms with van der Waals surface area (Å²) in [5, 5.41) is 9.36. The van der Waals surface area contributed by atoms with Gasteiger partial charge in [-0.05, 0) is 44.4 Å². The maximum atomic E-state index is 9.36. The lowest BCUT2D eigenvalue weighted by molar-refractivity contribution is 0.232. The molecule has 0 amide bonds. The fourth-order valence-corrected chi connectivity index (χ4v) is 1.35. The van der Waals surface area contributed by atoms with E-state index >= 15 is 0 Å². The molecule has 1 N–H and O–H groups in total. The van der Waals surface area contributed by atoms with Gasteiger partial charge in [0.1, 0.15) is 0 Å². The third-order valence-electron chi connectivity index (χ3n) is 2.47. The minimum Gasteiger partial charge on any atom is -0.389 e. The van der Waals surface area contributed by atoms with Crippen LogP contribution in [0.4, 0.5) is 0 Å². The molecule has 0 radical (unpaired) electrons. The second-order valence-electron chi connectivity index (χ2n) is 3.92. The SMILES string of the molecule is C/C(=C\c1ccc(C)cc1C)C(C)O. The number of hydrogen-bond donors (Lipinski definition) is 1. The van der Waals surface area contributed by atoms with Gasteiger partial charge in [0.2, 0.25) is 0 Å². The molecule has 1 aromatic rings. The smallest absolute Gasteiger partial charge is 0.0722 e. The van der Waals surface area contributed by atoms with Crippen LogP contribution >= 0.6 is 0 Å². The lowest BCUT2D eigenvalue weighted by Gasteiger charge is -2.06. The highest BCUT2D eigenvalue weighted by molar-refractivity contribution is 5.57. The predicted molar refractivity (Wildman–Crippen MR) is 61.2 cm³/mol. The van der Waals surface area contributed by atoms with E-state index in [0.717, 1.165) is 5.57 Å². The van der Waals surface area contributed by atoms with E-state index < -0.39 is 0 Å². The van der Waals surface area contributed by atoms with Gasteiger partial charge < -0.3 is 5.11 Å². The van der Waals surface area contributed by atoms with Gasteiger partial charge in [-0.1, -0.05) is 29.8 Å². The van der Waals surface area contributed by atoms with Gasteiger partial charge in [-0.3, -0.25) is 0 Å². The fourth-order valence-electron chi connectivity index (χ4n) is 1.35. The van der Waals surface area contributed by atoms with Gasteiger partial charge in [-0.15, -0.1) is 0 Å². The maximum Gasteiger partial charge on any atom is 0.0722 e. The predicted octanol–water partition coefficient (Wildman–Crippen LogP) is 3.09. The molecular formula is C13H18O. The third kappa shape index (κ3) is 2.71. The van der Waals surface area contributed by atoms with Crippen LogP contribution in [0.3, 0.4) is 0 Å². The maximum absolute atomic E-state index is 9.36. The van der Waals surface area contributed by atoms with Crippen molar-refractivity contribution in [1.29, 1.82) is 0 Å². The lowest BCUT2D eigenvalue weighted by atomic mass is 10.0.